The van der Waals surface area contributed by atoms with Gasteiger partial charge in [-0.05, 0) is 55.5 Å². The Morgan fingerprint density at radius 2 is 1.86 bits per heavy atom. The maximum Gasteiger partial charge on any atom is 0.189 e. The van der Waals surface area contributed by atoms with Gasteiger partial charge in [-0.2, -0.15) is 10.4 Å². The lowest BCUT2D eigenvalue weighted by Gasteiger charge is -2.31. The Balaban J connectivity index is 1.54. The third kappa shape index (κ3) is 6.37. The number of rotatable bonds is 8. The number of benzene rings is 1. The lowest BCUT2D eigenvalue weighted by atomic mass is 9.72. The molecular formula is C33H41FN6O2S. The topological polar surface area (TPSA) is 104 Å². The van der Waals surface area contributed by atoms with Crippen molar-refractivity contribution in [1.29, 1.82) is 5.26 Å². The van der Waals surface area contributed by atoms with Crippen LogP contribution in [0.25, 0.3) is 16.9 Å². The zero-order valence-electron chi connectivity index (χ0n) is 25.5. The standard InChI is InChI=1S/C33H41FN6O2S/c1-22(2)25(21-35)20-30(41)27-8-5-6-9-28(27)32-31(23(3)40(38-32)33-29(34)10-7-15-37-33)24-11-13-26(14-12-24)39-16-18-43(42,36-4)19-17-39/h7,10-15,22,25,27-28H,5-6,8-9,16-20H2,1-4H3/t25-,27-,28-/m1/s1. The van der Waals surface area contributed by atoms with Gasteiger partial charge in [-0.3, -0.25) is 4.79 Å². The van der Waals surface area contributed by atoms with E-state index in [-0.39, 0.29) is 41.7 Å². The van der Waals surface area contributed by atoms with Crippen molar-refractivity contribution in [2.24, 2.45) is 22.1 Å². The minimum atomic E-state index is -2.11. The summed E-state index contributed by atoms with van der Waals surface area (Å²) >= 11 is 0. The average Bonchev–Trinajstić information content (AvgIpc) is 3.36. The molecule has 3 aromatic rings. The first-order chi connectivity index (χ1) is 20.7. The fraction of sp³-hybridized carbons (Fsp3) is 0.515. The van der Waals surface area contributed by atoms with Gasteiger partial charge in [0, 0.05) is 77.1 Å². The number of ketones is 1. The molecule has 3 atom stereocenters. The number of pyridine rings is 1. The van der Waals surface area contributed by atoms with E-state index in [9.17, 15) is 14.3 Å². The van der Waals surface area contributed by atoms with Crippen molar-refractivity contribution < 1.29 is 13.4 Å². The van der Waals surface area contributed by atoms with Crippen LogP contribution in [0.3, 0.4) is 0 Å². The molecule has 2 fully saturated rings. The van der Waals surface area contributed by atoms with Crippen LogP contribution < -0.4 is 4.90 Å². The predicted octanol–water partition coefficient (Wildman–Crippen LogP) is 6.33. The van der Waals surface area contributed by atoms with E-state index in [1.807, 2.05) is 20.8 Å². The molecule has 1 aliphatic carbocycles. The smallest absolute Gasteiger partial charge is 0.189 e. The Morgan fingerprint density at radius 3 is 2.49 bits per heavy atom. The molecular weight excluding hydrogens is 563 g/mol. The van der Waals surface area contributed by atoms with E-state index in [4.69, 9.17) is 5.10 Å². The second-order valence-corrected chi connectivity index (χ2v) is 14.8. The van der Waals surface area contributed by atoms with E-state index in [0.29, 0.717) is 24.6 Å². The molecule has 1 aliphatic heterocycles. The van der Waals surface area contributed by atoms with E-state index >= 15 is 4.39 Å². The largest absolute Gasteiger partial charge is 0.370 e. The summed E-state index contributed by atoms with van der Waals surface area (Å²) in [5, 5.41) is 14.7. The highest BCUT2D eigenvalue weighted by Gasteiger charge is 2.37. The van der Waals surface area contributed by atoms with E-state index in [1.54, 1.807) is 24.0 Å². The summed E-state index contributed by atoms with van der Waals surface area (Å²) < 4.78 is 33.4. The molecule has 0 bridgehead atoms. The molecule has 2 aromatic heterocycles. The summed E-state index contributed by atoms with van der Waals surface area (Å²) in [5.41, 5.74) is 4.43. The van der Waals surface area contributed by atoms with Crippen molar-refractivity contribution in [1.82, 2.24) is 14.8 Å². The summed E-state index contributed by atoms with van der Waals surface area (Å²) in [7, 11) is -0.468. The molecule has 1 aromatic carbocycles. The molecule has 228 valence electrons. The molecule has 43 heavy (non-hydrogen) atoms. The number of halogens is 1. The maximum absolute atomic E-state index is 15.0. The van der Waals surface area contributed by atoms with E-state index in [0.717, 1.165) is 53.9 Å². The highest BCUT2D eigenvalue weighted by molar-refractivity contribution is 7.93. The zero-order chi connectivity index (χ0) is 30.7. The molecule has 0 unspecified atom stereocenters. The van der Waals surface area contributed by atoms with Gasteiger partial charge in [-0.1, -0.05) is 38.8 Å². The van der Waals surface area contributed by atoms with Crippen LogP contribution in [0.2, 0.25) is 0 Å². The van der Waals surface area contributed by atoms with Gasteiger partial charge in [0.15, 0.2) is 11.6 Å². The van der Waals surface area contributed by atoms with Gasteiger partial charge < -0.3 is 4.90 Å². The fourth-order valence-corrected chi connectivity index (χ4v) is 8.10. The molecule has 5 rings (SSSR count). The first kappa shape index (κ1) is 30.9. The van der Waals surface area contributed by atoms with Gasteiger partial charge in [0.2, 0.25) is 0 Å². The van der Waals surface area contributed by atoms with Gasteiger partial charge >= 0.3 is 0 Å². The van der Waals surface area contributed by atoms with Gasteiger partial charge in [0.1, 0.15) is 5.78 Å². The number of hydrogen-bond acceptors (Lipinski definition) is 7. The van der Waals surface area contributed by atoms with Crippen LogP contribution in [0.4, 0.5) is 10.1 Å². The Labute approximate surface area is 254 Å². The number of nitriles is 1. The number of Topliss-reactive ketones (excluding diaryl/α,β-unsaturated/α-hetero) is 1. The first-order valence-corrected chi connectivity index (χ1v) is 17.1. The lowest BCUT2D eigenvalue weighted by Crippen LogP contribution is -2.40. The van der Waals surface area contributed by atoms with Crippen LogP contribution in [0, 0.1) is 41.8 Å². The molecule has 0 radical (unpaired) electrons. The Hall–Kier alpha value is -3.58. The average molecular weight is 605 g/mol. The van der Waals surface area contributed by atoms with E-state index < -0.39 is 15.5 Å². The lowest BCUT2D eigenvalue weighted by molar-refractivity contribution is -0.125. The number of aromatic nitrogens is 3. The van der Waals surface area contributed by atoms with Gasteiger partial charge in [0.05, 0.1) is 23.4 Å². The monoisotopic (exact) mass is 604 g/mol. The number of hydrogen-bond donors (Lipinski definition) is 0. The second-order valence-electron chi connectivity index (χ2n) is 12.1. The van der Waals surface area contributed by atoms with Crippen LogP contribution in [0.5, 0.6) is 0 Å². The number of nitrogens with zero attached hydrogens (tertiary/aromatic N) is 6. The second kappa shape index (κ2) is 13.0. The predicted molar refractivity (Wildman–Crippen MR) is 168 cm³/mol. The minimum Gasteiger partial charge on any atom is -0.370 e. The third-order valence-electron chi connectivity index (χ3n) is 9.22. The molecule has 8 nitrogen and oxygen atoms in total. The van der Waals surface area contributed by atoms with Crippen molar-refractivity contribution in [3.05, 3.63) is 59.8 Å². The SMILES string of the molecule is CN=S1(=O)CCN(c2ccc(-c3c([C@@H]4CCCC[C@H]4C(=O)C[C@H](C#N)C(C)C)nn(-c4ncccc4F)c3C)cc2)CC1. The summed E-state index contributed by atoms with van der Waals surface area (Å²) in [4.78, 5) is 20.3. The highest BCUT2D eigenvalue weighted by atomic mass is 32.2. The first-order valence-electron chi connectivity index (χ1n) is 15.2. The summed E-state index contributed by atoms with van der Waals surface area (Å²) in [5.74, 6) is 0.279. The molecule has 3 heterocycles. The maximum atomic E-state index is 15.0. The van der Waals surface area contributed by atoms with Crippen LogP contribution in [-0.4, -0.2) is 56.4 Å². The van der Waals surface area contributed by atoms with E-state index in [2.05, 4.69) is 44.6 Å². The summed E-state index contributed by atoms with van der Waals surface area (Å²) in [6.07, 6.45) is 5.28. The van der Waals surface area contributed by atoms with Crippen molar-refractivity contribution in [2.45, 2.75) is 58.8 Å². The quantitative estimate of drug-likeness (QED) is 0.298. The normalized spacial score (nSPS) is 20.9. The number of carbonyl (C=O) groups is 1. The van der Waals surface area contributed by atoms with Gasteiger partial charge in [-0.25, -0.2) is 22.6 Å². The van der Waals surface area contributed by atoms with Crippen molar-refractivity contribution >= 4 is 21.2 Å². The molecule has 0 N–H and O–H groups in total. The highest BCUT2D eigenvalue weighted by Crippen LogP contribution is 2.44. The molecule has 10 heteroatoms. The number of anilines is 1. The Kier molecular flexibility index (Phi) is 9.30. The third-order valence-corrected chi connectivity index (χ3v) is 11.5. The number of carbonyl (C=O) groups excluding carboxylic acids is 1. The molecule has 0 amide bonds. The molecule has 2 aliphatic rings. The Bertz CT molecular complexity index is 1620. The fourth-order valence-electron chi connectivity index (χ4n) is 6.52. The van der Waals surface area contributed by atoms with Crippen LogP contribution in [0.15, 0.2) is 47.0 Å². The van der Waals surface area contributed by atoms with Gasteiger partial charge in [-0.15, -0.1) is 0 Å². The van der Waals surface area contributed by atoms with Crippen molar-refractivity contribution in [3.63, 3.8) is 0 Å². The van der Waals surface area contributed by atoms with Crippen molar-refractivity contribution in [3.8, 4) is 23.0 Å². The Morgan fingerprint density at radius 1 is 1.16 bits per heavy atom. The minimum absolute atomic E-state index is 0.0985. The summed E-state index contributed by atoms with van der Waals surface area (Å²) in [6.45, 7) is 7.25. The van der Waals surface area contributed by atoms with Crippen LogP contribution >= 0.6 is 0 Å². The molecule has 0 spiro atoms. The van der Waals surface area contributed by atoms with Crippen LogP contribution in [0.1, 0.15) is 63.3 Å². The van der Waals surface area contributed by atoms with Crippen molar-refractivity contribution in [2.75, 3.05) is 36.5 Å². The molecule has 1 saturated heterocycles. The van der Waals surface area contributed by atoms with Crippen LogP contribution in [-0.2, 0) is 14.5 Å². The molecule has 1 saturated carbocycles. The zero-order valence-corrected chi connectivity index (χ0v) is 26.3. The van der Waals surface area contributed by atoms with Gasteiger partial charge in [0.25, 0.3) is 0 Å². The summed E-state index contributed by atoms with van der Waals surface area (Å²) in [6, 6.07) is 13.5. The van der Waals surface area contributed by atoms with E-state index in [1.165, 1.54) is 6.07 Å².